The van der Waals surface area contributed by atoms with E-state index in [9.17, 15) is 0 Å². The second-order valence-electron chi connectivity index (χ2n) is 3.98. The summed E-state index contributed by atoms with van der Waals surface area (Å²) in [5.74, 6) is 0.951. The van der Waals surface area contributed by atoms with Crippen molar-refractivity contribution in [2.24, 2.45) is 5.92 Å². The average molecular weight is 185 g/mol. The molecule has 2 heteroatoms. The van der Waals surface area contributed by atoms with Crippen molar-refractivity contribution >= 4 is 0 Å². The van der Waals surface area contributed by atoms with Crippen LogP contribution >= 0.6 is 0 Å². The number of hydrogen-bond donors (Lipinski definition) is 1. The molecular weight excluding hydrogens is 162 g/mol. The summed E-state index contributed by atoms with van der Waals surface area (Å²) in [4.78, 5) is 0. The van der Waals surface area contributed by atoms with Crippen molar-refractivity contribution in [1.29, 1.82) is 0 Å². The predicted octanol–water partition coefficient (Wildman–Crippen LogP) is 2.19. The third-order valence-electron chi connectivity index (χ3n) is 2.99. The summed E-state index contributed by atoms with van der Waals surface area (Å²) < 4.78 is 5.28. The van der Waals surface area contributed by atoms with Gasteiger partial charge in [-0.15, -0.1) is 0 Å². The van der Waals surface area contributed by atoms with Gasteiger partial charge in [0.25, 0.3) is 0 Å². The van der Waals surface area contributed by atoms with Crippen LogP contribution in [0.5, 0.6) is 0 Å². The van der Waals surface area contributed by atoms with Crippen molar-refractivity contribution in [3.05, 3.63) is 0 Å². The average Bonchev–Trinajstić information content (AvgIpc) is 2.01. The van der Waals surface area contributed by atoms with E-state index in [0.717, 1.165) is 38.1 Å². The number of ether oxygens (including phenoxy) is 1. The molecule has 0 amide bonds. The Morgan fingerprint density at radius 2 is 2.23 bits per heavy atom. The van der Waals surface area contributed by atoms with Crippen molar-refractivity contribution in [2.45, 2.75) is 45.6 Å². The molecule has 1 rings (SSSR count). The lowest BCUT2D eigenvalue weighted by Gasteiger charge is -2.32. The van der Waals surface area contributed by atoms with Crippen LogP contribution in [0, 0.1) is 5.92 Å². The quantitative estimate of drug-likeness (QED) is 0.614. The van der Waals surface area contributed by atoms with Gasteiger partial charge in [0, 0.05) is 19.3 Å². The second kappa shape index (κ2) is 6.39. The highest BCUT2D eigenvalue weighted by Gasteiger charge is 2.22. The van der Waals surface area contributed by atoms with E-state index in [1.165, 1.54) is 19.3 Å². The smallest absolute Gasteiger partial charge is 0.0477 e. The van der Waals surface area contributed by atoms with Gasteiger partial charge in [0.1, 0.15) is 0 Å². The standard InChI is InChI=1S/C11H23NO/c1-3-13-9-5-8-12-10(2)11-6-4-7-11/h10-12H,3-9H2,1-2H3. The summed E-state index contributed by atoms with van der Waals surface area (Å²) >= 11 is 0. The zero-order chi connectivity index (χ0) is 9.52. The van der Waals surface area contributed by atoms with Crippen molar-refractivity contribution in [2.75, 3.05) is 19.8 Å². The van der Waals surface area contributed by atoms with E-state index < -0.39 is 0 Å². The van der Waals surface area contributed by atoms with Gasteiger partial charge in [-0.25, -0.2) is 0 Å². The van der Waals surface area contributed by atoms with Crippen molar-refractivity contribution in [3.8, 4) is 0 Å². The lowest BCUT2D eigenvalue weighted by Crippen LogP contribution is -2.37. The van der Waals surface area contributed by atoms with Crippen molar-refractivity contribution in [3.63, 3.8) is 0 Å². The fourth-order valence-electron chi connectivity index (χ4n) is 1.75. The van der Waals surface area contributed by atoms with Gasteiger partial charge < -0.3 is 10.1 Å². The fraction of sp³-hybridized carbons (Fsp3) is 1.00. The summed E-state index contributed by atoms with van der Waals surface area (Å²) in [6, 6.07) is 0.718. The molecule has 0 bridgehead atoms. The van der Waals surface area contributed by atoms with E-state index in [4.69, 9.17) is 4.74 Å². The first kappa shape index (κ1) is 11.0. The molecule has 0 radical (unpaired) electrons. The summed E-state index contributed by atoms with van der Waals surface area (Å²) in [6.07, 6.45) is 5.44. The van der Waals surface area contributed by atoms with Gasteiger partial charge in [-0.2, -0.15) is 0 Å². The summed E-state index contributed by atoms with van der Waals surface area (Å²) in [5.41, 5.74) is 0. The molecule has 1 unspecified atom stereocenters. The number of rotatable bonds is 7. The van der Waals surface area contributed by atoms with Crippen molar-refractivity contribution < 1.29 is 4.74 Å². The normalized spacial score (nSPS) is 19.8. The maximum absolute atomic E-state index is 5.28. The molecule has 13 heavy (non-hydrogen) atoms. The highest BCUT2D eigenvalue weighted by Crippen LogP contribution is 2.29. The van der Waals surface area contributed by atoms with Gasteiger partial charge >= 0.3 is 0 Å². The van der Waals surface area contributed by atoms with E-state index >= 15 is 0 Å². The third kappa shape index (κ3) is 4.10. The Morgan fingerprint density at radius 3 is 2.77 bits per heavy atom. The molecule has 0 heterocycles. The van der Waals surface area contributed by atoms with Crippen LogP contribution in [0.15, 0.2) is 0 Å². The summed E-state index contributed by atoms with van der Waals surface area (Å²) in [7, 11) is 0. The van der Waals surface area contributed by atoms with Crippen LogP contribution < -0.4 is 5.32 Å². The number of nitrogens with one attached hydrogen (secondary N) is 1. The Labute approximate surface area is 82.0 Å². The molecule has 0 spiro atoms. The van der Waals surface area contributed by atoms with E-state index in [-0.39, 0.29) is 0 Å². The minimum atomic E-state index is 0.718. The minimum absolute atomic E-state index is 0.718. The number of hydrogen-bond acceptors (Lipinski definition) is 2. The van der Waals surface area contributed by atoms with Crippen LogP contribution in [-0.2, 0) is 4.74 Å². The van der Waals surface area contributed by atoms with E-state index in [2.05, 4.69) is 12.2 Å². The Bertz CT molecular complexity index is 123. The van der Waals surface area contributed by atoms with Gasteiger partial charge in [0.15, 0.2) is 0 Å². The molecule has 1 N–H and O–H groups in total. The van der Waals surface area contributed by atoms with Crippen LogP contribution in [0.4, 0.5) is 0 Å². The maximum atomic E-state index is 5.28. The highest BCUT2D eigenvalue weighted by molar-refractivity contribution is 4.79. The van der Waals surface area contributed by atoms with Gasteiger partial charge in [0.05, 0.1) is 0 Å². The highest BCUT2D eigenvalue weighted by atomic mass is 16.5. The van der Waals surface area contributed by atoms with Gasteiger partial charge in [-0.1, -0.05) is 6.42 Å². The molecule has 0 aromatic rings. The van der Waals surface area contributed by atoms with Crippen LogP contribution in [0.1, 0.15) is 39.5 Å². The first-order valence-corrected chi connectivity index (χ1v) is 5.65. The summed E-state index contributed by atoms with van der Waals surface area (Å²) in [5, 5.41) is 3.56. The van der Waals surface area contributed by atoms with Crippen LogP contribution in [-0.4, -0.2) is 25.8 Å². The molecule has 1 atom stereocenters. The molecule has 0 aromatic carbocycles. The molecular formula is C11H23NO. The summed E-state index contributed by atoms with van der Waals surface area (Å²) in [6.45, 7) is 7.21. The van der Waals surface area contributed by atoms with E-state index in [1.54, 1.807) is 0 Å². The minimum Gasteiger partial charge on any atom is -0.382 e. The maximum Gasteiger partial charge on any atom is 0.0477 e. The third-order valence-corrected chi connectivity index (χ3v) is 2.99. The largest absolute Gasteiger partial charge is 0.382 e. The molecule has 1 aliphatic rings. The monoisotopic (exact) mass is 185 g/mol. The molecule has 0 aromatic heterocycles. The Hall–Kier alpha value is -0.0800. The molecule has 0 aliphatic heterocycles. The molecule has 1 fully saturated rings. The van der Waals surface area contributed by atoms with E-state index in [1.807, 2.05) is 6.92 Å². The molecule has 2 nitrogen and oxygen atoms in total. The topological polar surface area (TPSA) is 21.3 Å². The second-order valence-corrected chi connectivity index (χ2v) is 3.98. The van der Waals surface area contributed by atoms with E-state index in [0.29, 0.717) is 0 Å². The van der Waals surface area contributed by atoms with Crippen LogP contribution in [0.25, 0.3) is 0 Å². The van der Waals surface area contributed by atoms with Crippen molar-refractivity contribution in [1.82, 2.24) is 5.32 Å². The molecule has 1 saturated carbocycles. The van der Waals surface area contributed by atoms with Crippen LogP contribution in [0.3, 0.4) is 0 Å². The van der Waals surface area contributed by atoms with Crippen LogP contribution in [0.2, 0.25) is 0 Å². The zero-order valence-electron chi connectivity index (χ0n) is 9.01. The predicted molar refractivity (Wildman–Crippen MR) is 55.9 cm³/mol. The van der Waals surface area contributed by atoms with Gasteiger partial charge in [-0.3, -0.25) is 0 Å². The lowest BCUT2D eigenvalue weighted by molar-refractivity contribution is 0.142. The fourth-order valence-corrected chi connectivity index (χ4v) is 1.75. The molecule has 1 aliphatic carbocycles. The Kier molecular flexibility index (Phi) is 5.40. The Morgan fingerprint density at radius 1 is 1.46 bits per heavy atom. The molecule has 78 valence electrons. The Balaban J connectivity index is 1.86. The van der Waals surface area contributed by atoms with Gasteiger partial charge in [-0.05, 0) is 45.6 Å². The lowest BCUT2D eigenvalue weighted by atomic mass is 9.80. The zero-order valence-corrected chi connectivity index (χ0v) is 9.01. The SMILES string of the molecule is CCOCCCNC(C)C1CCC1. The first-order chi connectivity index (χ1) is 6.34. The first-order valence-electron chi connectivity index (χ1n) is 5.65. The molecule has 0 saturated heterocycles. The van der Waals surface area contributed by atoms with Gasteiger partial charge in [0.2, 0.25) is 0 Å².